The van der Waals surface area contributed by atoms with Crippen molar-refractivity contribution < 1.29 is 14.4 Å². The van der Waals surface area contributed by atoms with E-state index in [-0.39, 0.29) is 24.8 Å². The summed E-state index contributed by atoms with van der Waals surface area (Å²) in [5.41, 5.74) is 2.47. The maximum Gasteiger partial charge on any atom is 0.271 e. The summed E-state index contributed by atoms with van der Waals surface area (Å²) in [6.07, 6.45) is -0.545. The maximum absolute atomic E-state index is 12.9. The van der Waals surface area contributed by atoms with E-state index in [9.17, 15) is 9.59 Å². The highest BCUT2D eigenvalue weighted by atomic mass is 35.5. The molecule has 8 heteroatoms. The van der Waals surface area contributed by atoms with E-state index in [1.165, 1.54) is 4.90 Å². The molecule has 1 atom stereocenters. The molecule has 0 aromatic heterocycles. The molecule has 2 aliphatic heterocycles. The number of anilines is 2. The lowest BCUT2D eigenvalue weighted by Crippen LogP contribution is -2.46. The van der Waals surface area contributed by atoms with Crippen LogP contribution in [0.25, 0.3) is 0 Å². The van der Waals surface area contributed by atoms with Crippen LogP contribution < -0.4 is 10.2 Å². The van der Waals surface area contributed by atoms with Crippen LogP contribution in [0.15, 0.2) is 47.6 Å². The van der Waals surface area contributed by atoms with Gasteiger partial charge in [-0.25, -0.2) is 0 Å². The number of benzene rings is 2. The number of hydrogen-bond acceptors (Lipinski definition) is 4. The van der Waals surface area contributed by atoms with E-state index in [1.54, 1.807) is 36.4 Å². The second kappa shape index (κ2) is 6.63. The molecule has 0 saturated heterocycles. The van der Waals surface area contributed by atoms with Crippen molar-refractivity contribution in [1.29, 1.82) is 0 Å². The van der Waals surface area contributed by atoms with Crippen LogP contribution >= 0.6 is 23.2 Å². The third-order valence-electron chi connectivity index (χ3n) is 4.22. The quantitative estimate of drug-likeness (QED) is 0.854. The Bertz CT molecular complexity index is 945. The molecule has 2 aliphatic rings. The molecule has 0 spiro atoms. The van der Waals surface area contributed by atoms with Crippen molar-refractivity contribution in [3.8, 4) is 0 Å². The third kappa shape index (κ3) is 3.02. The van der Waals surface area contributed by atoms with Crippen LogP contribution in [0.5, 0.6) is 0 Å². The number of hydrogen-bond donors (Lipinski definition) is 1. The second-order valence-corrected chi connectivity index (χ2v) is 6.79. The van der Waals surface area contributed by atoms with Gasteiger partial charge in [-0.05, 0) is 24.3 Å². The predicted octanol–water partition coefficient (Wildman–Crippen LogP) is 3.47. The molecule has 132 valence electrons. The number of halogens is 2. The Morgan fingerprint density at radius 3 is 2.85 bits per heavy atom. The number of nitrogens with one attached hydrogen (secondary N) is 1. The number of carbonyl (C=O) groups excluding carboxylic acids is 2. The highest BCUT2D eigenvalue weighted by Crippen LogP contribution is 2.32. The number of para-hydroxylation sites is 2. The molecule has 2 aromatic rings. The lowest BCUT2D eigenvalue weighted by Gasteiger charge is -2.30. The molecule has 0 aliphatic carbocycles. The van der Waals surface area contributed by atoms with Gasteiger partial charge in [-0.15, -0.1) is 0 Å². The Morgan fingerprint density at radius 2 is 2.04 bits per heavy atom. The van der Waals surface area contributed by atoms with Crippen molar-refractivity contribution >= 4 is 52.1 Å². The fourth-order valence-electron chi connectivity index (χ4n) is 3.00. The number of amides is 2. The zero-order valence-electron chi connectivity index (χ0n) is 13.4. The molecule has 2 heterocycles. The van der Waals surface area contributed by atoms with E-state index in [0.29, 0.717) is 32.7 Å². The van der Waals surface area contributed by atoms with Crippen molar-refractivity contribution in [3.05, 3.63) is 58.1 Å². The normalized spacial score (nSPS) is 18.7. The van der Waals surface area contributed by atoms with Gasteiger partial charge < -0.3 is 10.2 Å². The summed E-state index contributed by atoms with van der Waals surface area (Å²) in [7, 11) is 0. The van der Waals surface area contributed by atoms with E-state index < -0.39 is 6.10 Å². The molecule has 0 radical (unpaired) electrons. The largest absolute Gasteiger partial charge is 0.382 e. The van der Waals surface area contributed by atoms with E-state index in [0.717, 1.165) is 0 Å². The lowest BCUT2D eigenvalue weighted by molar-refractivity contribution is -0.129. The van der Waals surface area contributed by atoms with Crippen LogP contribution in [0.3, 0.4) is 0 Å². The van der Waals surface area contributed by atoms with E-state index >= 15 is 0 Å². The summed E-state index contributed by atoms with van der Waals surface area (Å²) < 4.78 is 0. The minimum Gasteiger partial charge on any atom is -0.382 e. The van der Waals surface area contributed by atoms with Crippen LogP contribution in [-0.2, 0) is 14.4 Å². The van der Waals surface area contributed by atoms with Gasteiger partial charge in [-0.3, -0.25) is 14.5 Å². The van der Waals surface area contributed by atoms with Crippen LogP contribution in [-0.4, -0.2) is 30.2 Å². The fraction of sp³-hybridized carbons (Fsp3) is 0.167. The summed E-state index contributed by atoms with van der Waals surface area (Å²) in [4.78, 5) is 31.6. The van der Waals surface area contributed by atoms with Crippen LogP contribution in [0.4, 0.5) is 11.4 Å². The number of nitrogens with zero attached hydrogens (tertiary/aromatic N) is 2. The van der Waals surface area contributed by atoms with Gasteiger partial charge in [0.2, 0.25) is 12.0 Å². The first-order valence-corrected chi connectivity index (χ1v) is 8.67. The van der Waals surface area contributed by atoms with Crippen molar-refractivity contribution in [2.45, 2.75) is 12.5 Å². The highest BCUT2D eigenvalue weighted by molar-refractivity contribution is 6.37. The maximum atomic E-state index is 12.9. The molecule has 26 heavy (non-hydrogen) atoms. The molecule has 4 rings (SSSR count). The SMILES string of the molecule is O=C1CN(C(=O)C2CC(c3ccc(Cl)cc3Cl)=NO2)c2ccccc2N1. The zero-order valence-corrected chi connectivity index (χ0v) is 14.9. The van der Waals surface area contributed by atoms with Crippen LogP contribution in [0, 0.1) is 0 Å². The van der Waals surface area contributed by atoms with Crippen molar-refractivity contribution in [1.82, 2.24) is 0 Å². The highest BCUT2D eigenvalue weighted by Gasteiger charge is 2.36. The first-order valence-electron chi connectivity index (χ1n) is 7.91. The number of fused-ring (bicyclic) bond motifs is 1. The molecular formula is C18H13Cl2N3O3. The summed E-state index contributed by atoms with van der Waals surface area (Å²) in [5.74, 6) is -0.576. The summed E-state index contributed by atoms with van der Waals surface area (Å²) in [5, 5.41) is 7.72. The van der Waals surface area contributed by atoms with Crippen molar-refractivity contribution in [2.75, 3.05) is 16.8 Å². The molecule has 2 amide bonds. The molecule has 0 bridgehead atoms. The standard InChI is InChI=1S/C18H13Cl2N3O3/c19-10-5-6-11(12(20)7-10)14-8-16(26-22-14)18(25)23-9-17(24)21-13-3-1-2-4-15(13)23/h1-7,16H,8-9H2,(H,21,24). The van der Waals surface area contributed by atoms with Gasteiger partial charge >= 0.3 is 0 Å². The summed E-state index contributed by atoms with van der Waals surface area (Å²) >= 11 is 12.1. The predicted molar refractivity (Wildman–Crippen MR) is 99.9 cm³/mol. The number of carbonyl (C=O) groups is 2. The average molecular weight is 390 g/mol. The molecular weight excluding hydrogens is 377 g/mol. The molecule has 2 aromatic carbocycles. The third-order valence-corrected chi connectivity index (χ3v) is 4.77. The lowest BCUT2D eigenvalue weighted by atomic mass is 10.0. The van der Waals surface area contributed by atoms with Crippen LogP contribution in [0.2, 0.25) is 10.0 Å². The number of rotatable bonds is 2. The van der Waals surface area contributed by atoms with Gasteiger partial charge in [-0.1, -0.05) is 46.6 Å². The van der Waals surface area contributed by atoms with Crippen molar-refractivity contribution in [3.63, 3.8) is 0 Å². The first kappa shape index (κ1) is 16.9. The Kier molecular flexibility index (Phi) is 4.30. The van der Waals surface area contributed by atoms with Crippen molar-refractivity contribution in [2.24, 2.45) is 5.16 Å². The Morgan fingerprint density at radius 1 is 1.23 bits per heavy atom. The van der Waals surface area contributed by atoms with E-state index in [1.807, 2.05) is 6.07 Å². The van der Waals surface area contributed by atoms with Gasteiger partial charge in [0.05, 0.1) is 22.1 Å². The number of oxime groups is 1. The van der Waals surface area contributed by atoms with E-state index in [2.05, 4.69) is 10.5 Å². The van der Waals surface area contributed by atoms with Gasteiger partial charge in [0.25, 0.3) is 5.91 Å². The Labute approximate surface area is 159 Å². The smallest absolute Gasteiger partial charge is 0.271 e. The topological polar surface area (TPSA) is 71.0 Å². The zero-order chi connectivity index (χ0) is 18.3. The minimum absolute atomic E-state index is 0.0628. The van der Waals surface area contributed by atoms with Gasteiger partial charge in [0.1, 0.15) is 6.54 Å². The molecule has 6 nitrogen and oxygen atoms in total. The van der Waals surface area contributed by atoms with Gasteiger partial charge in [-0.2, -0.15) is 0 Å². The molecule has 0 fully saturated rings. The first-order chi connectivity index (χ1) is 12.5. The summed E-state index contributed by atoms with van der Waals surface area (Å²) in [6, 6.07) is 12.2. The van der Waals surface area contributed by atoms with Gasteiger partial charge in [0, 0.05) is 17.0 Å². The monoisotopic (exact) mass is 389 g/mol. The molecule has 1 unspecified atom stereocenters. The summed E-state index contributed by atoms with van der Waals surface area (Å²) in [6.45, 7) is -0.0628. The molecule has 1 N–H and O–H groups in total. The second-order valence-electron chi connectivity index (χ2n) is 5.95. The Balaban J connectivity index is 1.55. The fourth-order valence-corrected chi connectivity index (χ4v) is 3.51. The molecule has 0 saturated carbocycles. The minimum atomic E-state index is -0.810. The van der Waals surface area contributed by atoms with Gasteiger partial charge in [0.15, 0.2) is 0 Å². The van der Waals surface area contributed by atoms with E-state index in [4.69, 9.17) is 28.0 Å². The van der Waals surface area contributed by atoms with Crippen LogP contribution in [0.1, 0.15) is 12.0 Å². The Hall–Kier alpha value is -2.57. The average Bonchev–Trinajstić information content (AvgIpc) is 3.10.